The molecule has 1 N–H and O–H groups in total. The lowest BCUT2D eigenvalue weighted by atomic mass is 9.99. The number of ketones is 1. The van der Waals surface area contributed by atoms with Crippen LogP contribution in [0.4, 0.5) is 0 Å². The molecule has 1 aliphatic rings. The molecule has 2 atom stereocenters. The Hall–Kier alpha value is -0.940. The van der Waals surface area contributed by atoms with Crippen molar-refractivity contribution >= 4 is 17.4 Å². The van der Waals surface area contributed by atoms with Gasteiger partial charge in [0.05, 0.1) is 24.4 Å². The van der Waals surface area contributed by atoms with Crippen molar-refractivity contribution in [3.8, 4) is 0 Å². The number of Topliss-reactive ketones (excluding diaryl/α,β-unsaturated/α-hetero) is 1. The Morgan fingerprint density at radius 2 is 2.29 bits per heavy atom. The zero-order valence-electron chi connectivity index (χ0n) is 12.7. The summed E-state index contributed by atoms with van der Waals surface area (Å²) in [5.41, 5.74) is 0.231. The van der Waals surface area contributed by atoms with E-state index in [1.54, 1.807) is 24.3 Å². The number of benzene rings is 1. The number of aliphatic hydroxyl groups is 1. The Balaban J connectivity index is 2.14. The predicted octanol–water partition coefficient (Wildman–Crippen LogP) is 2.38. The maximum Gasteiger partial charge on any atom is 0.179 e. The molecule has 1 fully saturated rings. The minimum atomic E-state index is -0.380. The number of hydrogen-bond donors (Lipinski definition) is 1. The first kappa shape index (κ1) is 16.4. The average molecular weight is 312 g/mol. The molecule has 0 aliphatic carbocycles. The number of carbonyl (C=O) groups is 1. The molecular formula is C16H22ClNO3. The fourth-order valence-corrected chi connectivity index (χ4v) is 2.97. The molecule has 116 valence electrons. The number of halogens is 1. The van der Waals surface area contributed by atoms with Gasteiger partial charge in [0.1, 0.15) is 0 Å². The predicted molar refractivity (Wildman–Crippen MR) is 82.9 cm³/mol. The topological polar surface area (TPSA) is 49.8 Å². The summed E-state index contributed by atoms with van der Waals surface area (Å²) in [4.78, 5) is 14.7. The van der Waals surface area contributed by atoms with E-state index < -0.39 is 0 Å². The Labute approximate surface area is 130 Å². The molecule has 1 aromatic rings. The highest BCUT2D eigenvalue weighted by atomic mass is 35.5. The lowest BCUT2D eigenvalue weighted by molar-refractivity contribution is -0.152. The number of morpholine rings is 1. The van der Waals surface area contributed by atoms with Gasteiger partial charge in [0, 0.05) is 23.7 Å². The van der Waals surface area contributed by atoms with Crippen LogP contribution in [0, 0.1) is 0 Å². The van der Waals surface area contributed by atoms with E-state index >= 15 is 0 Å². The third-order valence-electron chi connectivity index (χ3n) is 3.75. The van der Waals surface area contributed by atoms with Gasteiger partial charge >= 0.3 is 0 Å². The van der Waals surface area contributed by atoms with Gasteiger partial charge in [-0.15, -0.1) is 0 Å². The first-order valence-electron chi connectivity index (χ1n) is 7.15. The van der Waals surface area contributed by atoms with Crippen LogP contribution in [0.15, 0.2) is 24.3 Å². The molecule has 0 radical (unpaired) electrons. The van der Waals surface area contributed by atoms with Gasteiger partial charge in [-0.3, -0.25) is 9.69 Å². The molecule has 1 heterocycles. The molecule has 2 rings (SSSR count). The molecular weight excluding hydrogens is 290 g/mol. The summed E-state index contributed by atoms with van der Waals surface area (Å²) in [7, 11) is 0. The van der Waals surface area contributed by atoms with Gasteiger partial charge in [-0.25, -0.2) is 0 Å². The van der Waals surface area contributed by atoms with Crippen LogP contribution in [0.25, 0.3) is 0 Å². The smallest absolute Gasteiger partial charge is 0.179 e. The van der Waals surface area contributed by atoms with Gasteiger partial charge in [-0.05, 0) is 32.9 Å². The van der Waals surface area contributed by atoms with Crippen molar-refractivity contribution in [2.24, 2.45) is 0 Å². The van der Waals surface area contributed by atoms with Crippen LogP contribution < -0.4 is 0 Å². The molecule has 5 heteroatoms. The maximum atomic E-state index is 12.6. The van der Waals surface area contributed by atoms with Gasteiger partial charge < -0.3 is 9.84 Å². The number of nitrogens with zero attached hydrogens (tertiary/aromatic N) is 1. The first-order chi connectivity index (χ1) is 9.82. The maximum absolute atomic E-state index is 12.6. The SMILES string of the molecule is CC(C(=O)c1cccc(Cl)c1)N1CC(CO)OC(C)(C)C1. The summed E-state index contributed by atoms with van der Waals surface area (Å²) in [6, 6.07) is 6.72. The van der Waals surface area contributed by atoms with Crippen molar-refractivity contribution in [3.63, 3.8) is 0 Å². The highest BCUT2D eigenvalue weighted by Crippen LogP contribution is 2.24. The molecule has 0 amide bonds. The molecule has 0 bridgehead atoms. The van der Waals surface area contributed by atoms with Crippen LogP contribution in [0.2, 0.25) is 5.02 Å². The summed E-state index contributed by atoms with van der Waals surface area (Å²) in [5, 5.41) is 9.92. The van der Waals surface area contributed by atoms with Crippen molar-refractivity contribution in [3.05, 3.63) is 34.9 Å². The van der Waals surface area contributed by atoms with E-state index in [2.05, 4.69) is 4.90 Å². The normalized spacial score (nSPS) is 23.8. The zero-order chi connectivity index (χ0) is 15.6. The number of rotatable bonds is 4. The second-order valence-electron chi connectivity index (χ2n) is 6.16. The highest BCUT2D eigenvalue weighted by Gasteiger charge is 2.36. The molecule has 21 heavy (non-hydrogen) atoms. The van der Waals surface area contributed by atoms with Crippen molar-refractivity contribution in [2.45, 2.75) is 38.5 Å². The molecule has 0 saturated carbocycles. The Bertz CT molecular complexity index is 518. The first-order valence-corrected chi connectivity index (χ1v) is 7.53. The minimum absolute atomic E-state index is 0.0342. The summed E-state index contributed by atoms with van der Waals surface area (Å²) in [6.07, 6.45) is -0.261. The summed E-state index contributed by atoms with van der Waals surface area (Å²) >= 11 is 5.95. The lowest BCUT2D eigenvalue weighted by Gasteiger charge is -2.44. The van der Waals surface area contributed by atoms with Crippen LogP contribution in [-0.2, 0) is 4.74 Å². The number of hydrogen-bond acceptors (Lipinski definition) is 4. The molecule has 1 aromatic carbocycles. The zero-order valence-corrected chi connectivity index (χ0v) is 13.4. The van der Waals surface area contributed by atoms with Crippen LogP contribution >= 0.6 is 11.6 Å². The number of aliphatic hydroxyl groups excluding tert-OH is 1. The highest BCUT2D eigenvalue weighted by molar-refractivity contribution is 6.31. The molecule has 0 aromatic heterocycles. The van der Waals surface area contributed by atoms with Crippen LogP contribution in [0.5, 0.6) is 0 Å². The van der Waals surface area contributed by atoms with E-state index in [0.717, 1.165) is 0 Å². The van der Waals surface area contributed by atoms with Gasteiger partial charge in [0.15, 0.2) is 5.78 Å². The standard InChI is InChI=1S/C16H22ClNO3/c1-11(15(20)12-5-4-6-13(17)7-12)18-8-14(9-19)21-16(2,3)10-18/h4-7,11,14,19H,8-10H2,1-3H3. The van der Waals surface area contributed by atoms with E-state index in [4.69, 9.17) is 16.3 Å². The molecule has 4 nitrogen and oxygen atoms in total. The Morgan fingerprint density at radius 3 is 2.90 bits per heavy atom. The Morgan fingerprint density at radius 1 is 1.57 bits per heavy atom. The van der Waals surface area contributed by atoms with Crippen LogP contribution in [0.3, 0.4) is 0 Å². The molecule has 1 saturated heterocycles. The summed E-state index contributed by atoms with van der Waals surface area (Å²) in [5.74, 6) is 0.0342. The van der Waals surface area contributed by atoms with E-state index in [9.17, 15) is 9.90 Å². The summed E-state index contributed by atoms with van der Waals surface area (Å²) < 4.78 is 5.78. The Kier molecular flexibility index (Phi) is 5.04. The third kappa shape index (κ3) is 4.04. The number of ether oxygens (including phenoxy) is 1. The van der Waals surface area contributed by atoms with Crippen molar-refractivity contribution in [2.75, 3.05) is 19.7 Å². The fourth-order valence-electron chi connectivity index (χ4n) is 2.78. The number of carbonyl (C=O) groups excluding carboxylic acids is 1. The second kappa shape index (κ2) is 6.44. The third-order valence-corrected chi connectivity index (χ3v) is 3.98. The molecule has 0 spiro atoms. The van der Waals surface area contributed by atoms with E-state index in [1.165, 1.54) is 0 Å². The lowest BCUT2D eigenvalue weighted by Crippen LogP contribution is -2.57. The van der Waals surface area contributed by atoms with Gasteiger partial charge in [0.25, 0.3) is 0 Å². The molecule has 2 unspecified atom stereocenters. The molecule has 1 aliphatic heterocycles. The second-order valence-corrected chi connectivity index (χ2v) is 6.60. The van der Waals surface area contributed by atoms with E-state index in [1.807, 2.05) is 20.8 Å². The van der Waals surface area contributed by atoms with Gasteiger partial charge in [-0.1, -0.05) is 23.7 Å². The van der Waals surface area contributed by atoms with Gasteiger partial charge in [-0.2, -0.15) is 0 Å². The summed E-state index contributed by atoms with van der Waals surface area (Å²) in [6.45, 7) is 6.98. The van der Waals surface area contributed by atoms with E-state index in [0.29, 0.717) is 23.7 Å². The average Bonchev–Trinajstić information content (AvgIpc) is 2.44. The largest absolute Gasteiger partial charge is 0.394 e. The van der Waals surface area contributed by atoms with Gasteiger partial charge in [0.2, 0.25) is 0 Å². The van der Waals surface area contributed by atoms with E-state index in [-0.39, 0.29) is 30.1 Å². The monoisotopic (exact) mass is 311 g/mol. The van der Waals surface area contributed by atoms with Crippen molar-refractivity contribution in [1.29, 1.82) is 0 Å². The minimum Gasteiger partial charge on any atom is -0.394 e. The van der Waals surface area contributed by atoms with Crippen molar-refractivity contribution in [1.82, 2.24) is 4.90 Å². The van der Waals surface area contributed by atoms with Crippen LogP contribution in [-0.4, -0.2) is 53.2 Å². The van der Waals surface area contributed by atoms with Crippen LogP contribution in [0.1, 0.15) is 31.1 Å². The quantitative estimate of drug-likeness (QED) is 0.867. The van der Waals surface area contributed by atoms with Crippen molar-refractivity contribution < 1.29 is 14.6 Å². The fraction of sp³-hybridized carbons (Fsp3) is 0.562.